The molecule has 7 heteroatoms. The third-order valence-electron chi connectivity index (χ3n) is 4.10. The maximum Gasteiger partial charge on any atom is 0.226 e. The zero-order valence-corrected chi connectivity index (χ0v) is 13.5. The molecule has 0 aliphatic carbocycles. The molecule has 0 bridgehead atoms. The number of aromatic nitrogens is 2. The van der Waals surface area contributed by atoms with Crippen LogP contribution in [-0.2, 0) is 21.1 Å². The van der Waals surface area contributed by atoms with Gasteiger partial charge in [-0.1, -0.05) is 6.07 Å². The first-order valence-corrected chi connectivity index (χ1v) is 9.04. The summed E-state index contributed by atoms with van der Waals surface area (Å²) in [6.07, 6.45) is 2.53. The topological polar surface area (TPSA) is 80.5 Å². The third kappa shape index (κ3) is 2.85. The first kappa shape index (κ1) is 15.0. The Labute approximate surface area is 129 Å². The molecule has 2 aromatic heterocycles. The lowest BCUT2D eigenvalue weighted by atomic mass is 10.0. The number of hydrogen-bond donors (Lipinski definition) is 1. The van der Waals surface area contributed by atoms with Gasteiger partial charge in [-0.3, -0.25) is 4.79 Å². The van der Waals surface area contributed by atoms with E-state index in [4.69, 9.17) is 0 Å². The molecule has 1 saturated heterocycles. The van der Waals surface area contributed by atoms with Crippen LogP contribution < -0.4 is 5.32 Å². The van der Waals surface area contributed by atoms with Gasteiger partial charge in [-0.05, 0) is 32.4 Å². The average Bonchev–Trinajstić information content (AvgIpc) is 2.87. The van der Waals surface area contributed by atoms with Crippen LogP contribution in [0.5, 0.6) is 0 Å². The molecule has 22 heavy (non-hydrogen) atoms. The Bertz CT molecular complexity index is 841. The second-order valence-electron chi connectivity index (χ2n) is 6.20. The highest BCUT2D eigenvalue weighted by Crippen LogP contribution is 2.23. The first-order chi connectivity index (χ1) is 10.3. The van der Waals surface area contributed by atoms with E-state index in [0.29, 0.717) is 6.42 Å². The molecule has 0 saturated carbocycles. The van der Waals surface area contributed by atoms with E-state index >= 15 is 0 Å². The molecule has 2 aromatic rings. The van der Waals surface area contributed by atoms with Gasteiger partial charge in [-0.2, -0.15) is 0 Å². The zero-order chi connectivity index (χ0) is 16.0. The minimum Gasteiger partial charge on any atom is -0.350 e. The number of sulfone groups is 1. The molecule has 6 nitrogen and oxygen atoms in total. The van der Waals surface area contributed by atoms with E-state index in [0.717, 1.165) is 17.0 Å². The molecule has 1 amide bonds. The van der Waals surface area contributed by atoms with Gasteiger partial charge in [0.15, 0.2) is 9.84 Å². The number of rotatable bonds is 3. The van der Waals surface area contributed by atoms with Crippen LogP contribution in [0, 0.1) is 6.92 Å². The van der Waals surface area contributed by atoms with Crippen molar-refractivity contribution < 1.29 is 13.2 Å². The molecule has 1 N–H and O–H groups in total. The lowest BCUT2D eigenvalue weighted by Gasteiger charge is -2.23. The highest BCUT2D eigenvalue weighted by Gasteiger charge is 2.39. The molecule has 1 fully saturated rings. The SMILES string of the molecule is Cc1nc2ccccn2c1CC(=O)N[C@]1(C)CCS(=O)(=O)C1. The predicted octanol–water partition coefficient (Wildman–Crippen LogP) is 0.879. The third-order valence-corrected chi connectivity index (χ3v) is 6.00. The van der Waals surface area contributed by atoms with Crippen LogP contribution >= 0.6 is 0 Å². The predicted molar refractivity (Wildman–Crippen MR) is 83.5 cm³/mol. The Morgan fingerprint density at radius 2 is 2.23 bits per heavy atom. The monoisotopic (exact) mass is 321 g/mol. The van der Waals surface area contributed by atoms with Crippen molar-refractivity contribution in [3.8, 4) is 0 Å². The normalized spacial score (nSPS) is 23.7. The van der Waals surface area contributed by atoms with E-state index in [1.165, 1.54) is 0 Å². The summed E-state index contributed by atoms with van der Waals surface area (Å²) in [5.74, 6) is -0.0237. The number of hydrogen-bond acceptors (Lipinski definition) is 4. The van der Waals surface area contributed by atoms with Crippen molar-refractivity contribution in [2.45, 2.75) is 32.2 Å². The van der Waals surface area contributed by atoms with Crippen LogP contribution in [0.15, 0.2) is 24.4 Å². The van der Waals surface area contributed by atoms with Crippen molar-refractivity contribution in [3.63, 3.8) is 0 Å². The minimum atomic E-state index is -3.04. The number of nitrogens with zero attached hydrogens (tertiary/aromatic N) is 2. The molecule has 0 radical (unpaired) electrons. The molecular formula is C15H19N3O3S. The Morgan fingerprint density at radius 3 is 2.91 bits per heavy atom. The fraction of sp³-hybridized carbons (Fsp3) is 0.467. The quantitative estimate of drug-likeness (QED) is 0.910. The Morgan fingerprint density at radius 1 is 1.45 bits per heavy atom. The molecule has 0 aromatic carbocycles. The highest BCUT2D eigenvalue weighted by atomic mass is 32.2. The largest absolute Gasteiger partial charge is 0.350 e. The van der Waals surface area contributed by atoms with Crippen LogP contribution in [0.2, 0.25) is 0 Å². The fourth-order valence-corrected chi connectivity index (χ4v) is 5.11. The van der Waals surface area contributed by atoms with E-state index in [1.807, 2.05) is 35.7 Å². The molecule has 1 aliphatic heterocycles. The standard InChI is InChI=1S/C15H19N3O3S/c1-11-12(18-7-4-3-5-13(18)16-11)9-14(19)17-15(2)6-8-22(20,21)10-15/h3-5,7H,6,8-10H2,1-2H3,(H,17,19)/t15-/m1/s1. The van der Waals surface area contributed by atoms with E-state index in [1.54, 1.807) is 6.92 Å². The van der Waals surface area contributed by atoms with Gasteiger partial charge < -0.3 is 9.72 Å². The number of pyridine rings is 1. The number of amides is 1. The second kappa shape index (κ2) is 5.08. The summed E-state index contributed by atoms with van der Waals surface area (Å²) in [4.78, 5) is 16.8. The summed E-state index contributed by atoms with van der Waals surface area (Å²) in [5.41, 5.74) is 1.78. The maximum atomic E-state index is 12.3. The summed E-state index contributed by atoms with van der Waals surface area (Å²) in [7, 11) is -3.04. The molecular weight excluding hydrogens is 302 g/mol. The first-order valence-electron chi connectivity index (χ1n) is 7.22. The second-order valence-corrected chi connectivity index (χ2v) is 8.38. The van der Waals surface area contributed by atoms with Crippen LogP contribution in [0.3, 0.4) is 0 Å². The molecule has 1 atom stereocenters. The van der Waals surface area contributed by atoms with Crippen molar-refractivity contribution in [1.82, 2.24) is 14.7 Å². The maximum absolute atomic E-state index is 12.3. The van der Waals surface area contributed by atoms with Gasteiger partial charge >= 0.3 is 0 Å². The van der Waals surface area contributed by atoms with Gasteiger partial charge in [0.2, 0.25) is 5.91 Å². The minimum absolute atomic E-state index is 0.0118. The van der Waals surface area contributed by atoms with Crippen LogP contribution in [0.4, 0.5) is 0 Å². The molecule has 118 valence electrons. The Hall–Kier alpha value is -1.89. The average molecular weight is 321 g/mol. The molecule has 0 unspecified atom stereocenters. The molecule has 1 aliphatic rings. The van der Waals surface area contributed by atoms with E-state index < -0.39 is 15.4 Å². The molecule has 3 heterocycles. The summed E-state index contributed by atoms with van der Waals surface area (Å²) >= 11 is 0. The number of carbonyl (C=O) groups excluding carboxylic acids is 1. The van der Waals surface area contributed by atoms with Gasteiger partial charge in [0, 0.05) is 6.20 Å². The van der Waals surface area contributed by atoms with Gasteiger partial charge in [-0.15, -0.1) is 0 Å². The Balaban J connectivity index is 1.78. The summed E-state index contributed by atoms with van der Waals surface area (Å²) < 4.78 is 25.1. The van der Waals surface area contributed by atoms with Crippen molar-refractivity contribution >= 4 is 21.4 Å². The summed E-state index contributed by atoms with van der Waals surface area (Å²) in [6, 6.07) is 5.68. The van der Waals surface area contributed by atoms with Crippen molar-refractivity contribution in [3.05, 3.63) is 35.8 Å². The van der Waals surface area contributed by atoms with E-state index in [-0.39, 0.29) is 23.8 Å². The van der Waals surface area contributed by atoms with Crippen molar-refractivity contribution in [2.75, 3.05) is 11.5 Å². The van der Waals surface area contributed by atoms with Gasteiger partial charge in [0.1, 0.15) is 5.65 Å². The summed E-state index contributed by atoms with van der Waals surface area (Å²) in [5, 5.41) is 2.88. The lowest BCUT2D eigenvalue weighted by Crippen LogP contribution is -2.47. The number of imidazole rings is 1. The van der Waals surface area contributed by atoms with Crippen molar-refractivity contribution in [2.24, 2.45) is 0 Å². The number of carbonyl (C=O) groups is 1. The van der Waals surface area contributed by atoms with Gasteiger partial charge in [-0.25, -0.2) is 13.4 Å². The van der Waals surface area contributed by atoms with Gasteiger partial charge in [0.05, 0.1) is 34.9 Å². The number of fused-ring (bicyclic) bond motifs is 1. The summed E-state index contributed by atoms with van der Waals surface area (Å²) in [6.45, 7) is 3.66. The molecule has 0 spiro atoms. The van der Waals surface area contributed by atoms with Crippen LogP contribution in [-0.4, -0.2) is 40.8 Å². The lowest BCUT2D eigenvalue weighted by molar-refractivity contribution is -0.122. The Kier molecular flexibility index (Phi) is 3.47. The van der Waals surface area contributed by atoms with Gasteiger partial charge in [0.25, 0.3) is 0 Å². The van der Waals surface area contributed by atoms with E-state index in [9.17, 15) is 13.2 Å². The zero-order valence-electron chi connectivity index (χ0n) is 12.7. The fourth-order valence-electron chi connectivity index (χ4n) is 3.02. The smallest absolute Gasteiger partial charge is 0.226 e. The number of nitrogens with one attached hydrogen (secondary N) is 1. The molecule has 3 rings (SSSR count). The van der Waals surface area contributed by atoms with Crippen LogP contribution in [0.25, 0.3) is 5.65 Å². The van der Waals surface area contributed by atoms with Crippen LogP contribution in [0.1, 0.15) is 24.7 Å². The highest BCUT2D eigenvalue weighted by molar-refractivity contribution is 7.91. The van der Waals surface area contributed by atoms with Crippen molar-refractivity contribution in [1.29, 1.82) is 0 Å². The van der Waals surface area contributed by atoms with E-state index in [2.05, 4.69) is 10.3 Å². The number of aryl methyl sites for hydroxylation is 1.